The molecule has 1 aliphatic heterocycles. The third-order valence-electron chi connectivity index (χ3n) is 5.39. The van der Waals surface area contributed by atoms with Crippen molar-refractivity contribution in [3.05, 3.63) is 29.8 Å². The van der Waals surface area contributed by atoms with Crippen molar-refractivity contribution in [1.29, 1.82) is 0 Å². The van der Waals surface area contributed by atoms with E-state index in [4.69, 9.17) is 4.74 Å². The lowest BCUT2D eigenvalue weighted by molar-refractivity contribution is -0.127. The molecule has 1 aromatic carbocycles. The van der Waals surface area contributed by atoms with Crippen LogP contribution in [0.2, 0.25) is 0 Å². The minimum absolute atomic E-state index is 0.0147. The Bertz CT molecular complexity index is 671. The van der Waals surface area contributed by atoms with Crippen LogP contribution in [-0.2, 0) is 4.79 Å². The first-order valence-corrected chi connectivity index (χ1v) is 10.6. The molecule has 162 valence electrons. The Morgan fingerprint density at radius 3 is 2.66 bits per heavy atom. The van der Waals surface area contributed by atoms with Crippen molar-refractivity contribution in [3.8, 4) is 5.75 Å². The highest BCUT2D eigenvalue weighted by Gasteiger charge is 2.24. The zero-order valence-electron chi connectivity index (χ0n) is 18.6. The molecule has 7 nitrogen and oxygen atoms in total. The molecule has 1 saturated heterocycles. The normalized spacial score (nSPS) is 16.9. The number of rotatable bonds is 9. The summed E-state index contributed by atoms with van der Waals surface area (Å²) in [5, 5.41) is 6.88. The van der Waals surface area contributed by atoms with Gasteiger partial charge in [-0.3, -0.25) is 9.69 Å². The monoisotopic (exact) mass is 403 g/mol. The van der Waals surface area contributed by atoms with Crippen LogP contribution in [0.25, 0.3) is 0 Å². The van der Waals surface area contributed by atoms with Gasteiger partial charge in [0.1, 0.15) is 12.3 Å². The third-order valence-corrected chi connectivity index (χ3v) is 5.39. The van der Waals surface area contributed by atoms with E-state index < -0.39 is 0 Å². The first kappa shape index (κ1) is 23.0. The number of hydrogen-bond acceptors (Lipinski definition) is 4. The fourth-order valence-corrected chi connectivity index (χ4v) is 3.33. The quantitative estimate of drug-likeness (QED) is 0.489. The van der Waals surface area contributed by atoms with E-state index in [1.165, 1.54) is 18.4 Å². The Morgan fingerprint density at radius 1 is 1.31 bits per heavy atom. The van der Waals surface area contributed by atoms with E-state index in [1.54, 1.807) is 26.1 Å². The fraction of sp³-hybridized carbons (Fsp3) is 0.636. The molecule has 29 heavy (non-hydrogen) atoms. The minimum atomic E-state index is -0.0147. The van der Waals surface area contributed by atoms with Gasteiger partial charge >= 0.3 is 0 Å². The maximum atomic E-state index is 12.0. The van der Waals surface area contributed by atoms with Gasteiger partial charge in [0.05, 0.1) is 13.2 Å². The smallest absolute Gasteiger partial charge is 0.243 e. The predicted octanol–water partition coefficient (Wildman–Crippen LogP) is 2.25. The Hall–Kier alpha value is -2.28. The number of benzene rings is 1. The zero-order chi connectivity index (χ0) is 21.2. The second-order valence-corrected chi connectivity index (χ2v) is 7.82. The summed E-state index contributed by atoms with van der Waals surface area (Å²) in [6.07, 6.45) is 3.43. The van der Waals surface area contributed by atoms with Gasteiger partial charge in [0.15, 0.2) is 5.96 Å². The number of nitrogens with zero attached hydrogens (tertiary/aromatic N) is 3. The molecule has 1 amide bonds. The Balaban J connectivity index is 2.15. The molecule has 2 rings (SSSR count). The molecule has 0 aliphatic carbocycles. The molecule has 0 saturated carbocycles. The SMILES string of the molecule is CCC(C)NC(=NCC(=O)N(C)C)NCC(c1cccc(OC)c1)N1CCCC1. The van der Waals surface area contributed by atoms with Gasteiger partial charge in [0.2, 0.25) is 5.91 Å². The summed E-state index contributed by atoms with van der Waals surface area (Å²) in [5.41, 5.74) is 1.23. The molecule has 0 aromatic heterocycles. The van der Waals surface area contributed by atoms with Gasteiger partial charge in [-0.1, -0.05) is 19.1 Å². The summed E-state index contributed by atoms with van der Waals surface area (Å²) in [7, 11) is 5.20. The van der Waals surface area contributed by atoms with E-state index in [0.717, 1.165) is 25.3 Å². The van der Waals surface area contributed by atoms with E-state index in [9.17, 15) is 4.79 Å². The van der Waals surface area contributed by atoms with Gasteiger partial charge < -0.3 is 20.3 Å². The van der Waals surface area contributed by atoms with Gasteiger partial charge in [0, 0.05) is 26.7 Å². The number of carbonyl (C=O) groups is 1. The molecule has 1 aromatic rings. The number of methoxy groups -OCH3 is 1. The lowest BCUT2D eigenvalue weighted by Gasteiger charge is -2.29. The molecule has 2 atom stereocenters. The Morgan fingerprint density at radius 2 is 2.03 bits per heavy atom. The largest absolute Gasteiger partial charge is 0.497 e. The molecular formula is C22H37N5O2. The van der Waals surface area contributed by atoms with E-state index in [2.05, 4.69) is 46.5 Å². The highest BCUT2D eigenvalue weighted by Crippen LogP contribution is 2.27. The lowest BCUT2D eigenvalue weighted by Crippen LogP contribution is -2.46. The number of ether oxygens (including phenoxy) is 1. The Labute approximate surface area is 175 Å². The highest BCUT2D eigenvalue weighted by molar-refractivity contribution is 5.84. The summed E-state index contributed by atoms with van der Waals surface area (Å²) in [6, 6.07) is 8.78. The zero-order valence-corrected chi connectivity index (χ0v) is 18.6. The summed E-state index contributed by atoms with van der Waals surface area (Å²) >= 11 is 0. The number of hydrogen-bond donors (Lipinski definition) is 2. The standard InChI is InChI=1S/C22H37N5O2/c1-6-17(2)25-22(24-16-21(28)26(3)4)23-15-20(27-12-7-8-13-27)18-10-9-11-19(14-18)29-5/h9-11,14,17,20H,6-8,12-13,15-16H2,1-5H3,(H2,23,24,25). The molecular weight excluding hydrogens is 366 g/mol. The van der Waals surface area contributed by atoms with Crippen molar-refractivity contribution in [2.75, 3.05) is 47.4 Å². The van der Waals surface area contributed by atoms with Gasteiger partial charge in [-0.2, -0.15) is 0 Å². The van der Waals surface area contributed by atoms with Crippen LogP contribution in [0.4, 0.5) is 0 Å². The van der Waals surface area contributed by atoms with Crippen LogP contribution in [0.3, 0.4) is 0 Å². The lowest BCUT2D eigenvalue weighted by atomic mass is 10.1. The molecule has 1 fully saturated rings. The maximum Gasteiger partial charge on any atom is 0.243 e. The highest BCUT2D eigenvalue weighted by atomic mass is 16.5. The minimum Gasteiger partial charge on any atom is -0.497 e. The number of aliphatic imine (C=N–C) groups is 1. The van der Waals surface area contributed by atoms with Crippen LogP contribution in [0.15, 0.2) is 29.3 Å². The average molecular weight is 404 g/mol. The number of carbonyl (C=O) groups excluding carboxylic acids is 1. The van der Waals surface area contributed by atoms with Gasteiger partial charge in [-0.25, -0.2) is 4.99 Å². The van der Waals surface area contributed by atoms with Crippen molar-refractivity contribution in [2.24, 2.45) is 4.99 Å². The molecule has 1 heterocycles. The third kappa shape index (κ3) is 7.24. The van der Waals surface area contributed by atoms with Crippen molar-refractivity contribution in [1.82, 2.24) is 20.4 Å². The molecule has 0 spiro atoms. The molecule has 1 aliphatic rings. The maximum absolute atomic E-state index is 12.0. The number of likely N-dealkylation sites (tertiary alicyclic amines) is 1. The van der Waals surface area contributed by atoms with Crippen LogP contribution in [-0.4, -0.2) is 75.1 Å². The average Bonchev–Trinajstić information content (AvgIpc) is 3.26. The van der Waals surface area contributed by atoms with Crippen molar-refractivity contribution < 1.29 is 9.53 Å². The van der Waals surface area contributed by atoms with Crippen molar-refractivity contribution in [3.63, 3.8) is 0 Å². The molecule has 2 unspecified atom stereocenters. The Kier molecular flexibility index (Phi) is 9.25. The van der Waals surface area contributed by atoms with Gasteiger partial charge in [0.25, 0.3) is 0 Å². The van der Waals surface area contributed by atoms with E-state index in [1.807, 2.05) is 12.1 Å². The van der Waals surface area contributed by atoms with E-state index >= 15 is 0 Å². The van der Waals surface area contributed by atoms with Crippen LogP contribution in [0, 0.1) is 0 Å². The summed E-state index contributed by atoms with van der Waals surface area (Å²) in [4.78, 5) is 20.6. The van der Waals surface area contributed by atoms with Gasteiger partial charge in [-0.05, 0) is 57.0 Å². The second kappa shape index (κ2) is 11.7. The van der Waals surface area contributed by atoms with E-state index in [0.29, 0.717) is 12.5 Å². The number of amides is 1. The van der Waals surface area contributed by atoms with Gasteiger partial charge in [-0.15, -0.1) is 0 Å². The second-order valence-electron chi connectivity index (χ2n) is 7.82. The molecule has 0 radical (unpaired) electrons. The van der Waals surface area contributed by atoms with E-state index in [-0.39, 0.29) is 24.5 Å². The molecule has 2 N–H and O–H groups in total. The first-order valence-electron chi connectivity index (χ1n) is 10.6. The number of guanidine groups is 1. The summed E-state index contributed by atoms with van der Waals surface area (Å²) in [6.45, 7) is 7.27. The van der Waals surface area contributed by atoms with Crippen molar-refractivity contribution >= 4 is 11.9 Å². The van der Waals surface area contributed by atoms with Crippen LogP contribution in [0.5, 0.6) is 5.75 Å². The van der Waals surface area contributed by atoms with Crippen LogP contribution >= 0.6 is 0 Å². The molecule has 0 bridgehead atoms. The first-order chi connectivity index (χ1) is 13.9. The molecule has 7 heteroatoms. The van der Waals surface area contributed by atoms with Crippen molar-refractivity contribution in [2.45, 2.75) is 45.2 Å². The summed E-state index contributed by atoms with van der Waals surface area (Å²) in [5.74, 6) is 1.54. The number of likely N-dealkylation sites (N-methyl/N-ethyl adjacent to an activating group) is 1. The predicted molar refractivity (Wildman–Crippen MR) is 118 cm³/mol. The van der Waals surface area contributed by atoms with Crippen LogP contribution < -0.4 is 15.4 Å². The number of nitrogens with one attached hydrogen (secondary N) is 2. The fourth-order valence-electron chi connectivity index (χ4n) is 3.33. The van der Waals surface area contributed by atoms with Crippen LogP contribution in [0.1, 0.15) is 44.7 Å². The summed E-state index contributed by atoms with van der Waals surface area (Å²) < 4.78 is 5.43. The topological polar surface area (TPSA) is 69.2 Å².